The van der Waals surface area contributed by atoms with Gasteiger partial charge in [-0.3, -0.25) is 0 Å². The summed E-state index contributed by atoms with van der Waals surface area (Å²) < 4.78 is 2.33. The number of hydrogen-bond donors (Lipinski definition) is 0. The molecule has 0 bridgehead atoms. The third kappa shape index (κ3) is 3.10. The van der Waals surface area contributed by atoms with E-state index in [0.717, 1.165) is 34.8 Å². The summed E-state index contributed by atoms with van der Waals surface area (Å²) in [5, 5.41) is 1.46. The van der Waals surface area contributed by atoms with Gasteiger partial charge in [-0.25, -0.2) is 4.98 Å². The fourth-order valence-electron chi connectivity index (χ4n) is 2.78. The van der Waals surface area contributed by atoms with Gasteiger partial charge in [-0.2, -0.15) is 11.8 Å². The fourth-order valence-corrected chi connectivity index (χ4v) is 4.41. The molecule has 1 atom stereocenters. The molecule has 1 fully saturated rings. The van der Waals surface area contributed by atoms with Crippen molar-refractivity contribution in [1.82, 2.24) is 9.55 Å². The Labute approximate surface area is 133 Å². The zero-order valence-electron chi connectivity index (χ0n) is 11.3. The van der Waals surface area contributed by atoms with Crippen molar-refractivity contribution in [1.29, 1.82) is 0 Å². The molecule has 1 aliphatic rings. The van der Waals surface area contributed by atoms with E-state index in [-0.39, 0.29) is 0 Å². The number of aromatic nitrogens is 2. The molecule has 3 rings (SSSR count). The van der Waals surface area contributed by atoms with Crippen LogP contribution >= 0.6 is 35.0 Å². The lowest BCUT2D eigenvalue weighted by molar-refractivity contribution is 0.577. The lowest BCUT2D eigenvalue weighted by Crippen LogP contribution is -2.18. The average molecular weight is 329 g/mol. The molecule has 0 aliphatic carbocycles. The fraction of sp³-hybridized carbons (Fsp3) is 0.533. The maximum atomic E-state index is 6.15. The minimum atomic E-state index is 0.606. The number of halogens is 2. The number of rotatable bonds is 4. The minimum absolute atomic E-state index is 0.606. The van der Waals surface area contributed by atoms with Crippen LogP contribution in [0.4, 0.5) is 0 Å². The van der Waals surface area contributed by atoms with Gasteiger partial charge in [-0.15, -0.1) is 11.6 Å². The zero-order valence-corrected chi connectivity index (χ0v) is 13.6. The second-order valence-electron chi connectivity index (χ2n) is 5.20. The SMILES string of the molecule is ClCCc1nc2ccc(Cl)cc2n1CC1CCCCS1. The van der Waals surface area contributed by atoms with E-state index < -0.39 is 0 Å². The quantitative estimate of drug-likeness (QED) is 0.753. The van der Waals surface area contributed by atoms with Gasteiger partial charge >= 0.3 is 0 Å². The molecule has 20 heavy (non-hydrogen) atoms. The molecular formula is C15H18Cl2N2S. The van der Waals surface area contributed by atoms with Crippen LogP contribution in [0.5, 0.6) is 0 Å². The van der Waals surface area contributed by atoms with E-state index in [1.165, 1.54) is 25.0 Å². The van der Waals surface area contributed by atoms with Crippen molar-refractivity contribution in [3.05, 3.63) is 29.0 Å². The van der Waals surface area contributed by atoms with E-state index in [9.17, 15) is 0 Å². The molecule has 1 aromatic carbocycles. The molecular weight excluding hydrogens is 311 g/mol. The van der Waals surface area contributed by atoms with Gasteiger partial charge < -0.3 is 4.57 Å². The number of thioether (sulfide) groups is 1. The molecule has 0 amide bonds. The summed E-state index contributed by atoms with van der Waals surface area (Å²) in [6, 6.07) is 5.93. The van der Waals surface area contributed by atoms with Gasteiger partial charge in [0.05, 0.1) is 11.0 Å². The van der Waals surface area contributed by atoms with E-state index in [4.69, 9.17) is 28.2 Å². The Morgan fingerprint density at radius 1 is 1.35 bits per heavy atom. The second kappa shape index (κ2) is 6.59. The molecule has 1 saturated heterocycles. The predicted octanol–water partition coefficient (Wildman–Crippen LogP) is 4.76. The Morgan fingerprint density at radius 2 is 2.25 bits per heavy atom. The number of hydrogen-bond acceptors (Lipinski definition) is 2. The Bertz CT molecular complexity index is 591. The molecule has 108 valence electrons. The third-order valence-electron chi connectivity index (χ3n) is 3.77. The number of imidazole rings is 1. The normalized spacial score (nSPS) is 19.6. The van der Waals surface area contributed by atoms with Crippen LogP contribution in [0.2, 0.25) is 5.02 Å². The predicted molar refractivity (Wildman–Crippen MR) is 89.3 cm³/mol. The lowest BCUT2D eigenvalue weighted by Gasteiger charge is -2.22. The van der Waals surface area contributed by atoms with E-state index in [0.29, 0.717) is 11.1 Å². The van der Waals surface area contributed by atoms with Crippen LogP contribution in [0.15, 0.2) is 18.2 Å². The van der Waals surface area contributed by atoms with Gasteiger partial charge in [0.15, 0.2) is 0 Å². The topological polar surface area (TPSA) is 17.8 Å². The first-order valence-corrected chi connectivity index (χ1v) is 9.06. The number of nitrogens with zero attached hydrogens (tertiary/aromatic N) is 2. The van der Waals surface area contributed by atoms with Gasteiger partial charge in [0, 0.05) is 29.1 Å². The van der Waals surface area contributed by atoms with Crippen molar-refractivity contribution < 1.29 is 0 Å². The van der Waals surface area contributed by atoms with E-state index in [2.05, 4.69) is 16.3 Å². The largest absolute Gasteiger partial charge is 0.327 e. The van der Waals surface area contributed by atoms with Crippen LogP contribution in [-0.2, 0) is 13.0 Å². The molecule has 1 unspecified atom stereocenters. The number of alkyl halides is 1. The molecule has 1 aromatic heterocycles. The zero-order chi connectivity index (χ0) is 13.9. The highest BCUT2D eigenvalue weighted by Crippen LogP contribution is 2.29. The molecule has 1 aliphatic heterocycles. The van der Waals surface area contributed by atoms with Crippen LogP contribution in [-0.4, -0.2) is 26.4 Å². The van der Waals surface area contributed by atoms with Crippen molar-refractivity contribution in [2.24, 2.45) is 0 Å². The van der Waals surface area contributed by atoms with E-state index in [1.54, 1.807) is 0 Å². The first-order valence-electron chi connectivity index (χ1n) is 7.10. The molecule has 0 saturated carbocycles. The monoisotopic (exact) mass is 328 g/mol. The van der Waals surface area contributed by atoms with E-state index in [1.807, 2.05) is 18.2 Å². The first-order chi connectivity index (χ1) is 9.78. The Hall–Kier alpha value is -0.380. The van der Waals surface area contributed by atoms with Crippen LogP contribution in [0.1, 0.15) is 25.1 Å². The molecule has 5 heteroatoms. The minimum Gasteiger partial charge on any atom is -0.327 e. The summed E-state index contributed by atoms with van der Waals surface area (Å²) in [6.07, 6.45) is 4.80. The molecule has 2 aromatic rings. The van der Waals surface area contributed by atoms with E-state index >= 15 is 0 Å². The average Bonchev–Trinajstić information content (AvgIpc) is 2.78. The summed E-state index contributed by atoms with van der Waals surface area (Å²) in [6.45, 7) is 1.02. The summed E-state index contributed by atoms with van der Waals surface area (Å²) in [5.41, 5.74) is 2.17. The van der Waals surface area contributed by atoms with Gasteiger partial charge in [0.25, 0.3) is 0 Å². The van der Waals surface area contributed by atoms with Crippen LogP contribution in [0.25, 0.3) is 11.0 Å². The van der Waals surface area contributed by atoms with Crippen molar-refractivity contribution in [2.45, 2.75) is 37.5 Å². The standard InChI is InChI=1S/C15H18Cl2N2S/c16-7-6-15-18-13-5-4-11(17)9-14(13)19(15)10-12-3-1-2-8-20-12/h4-5,9,12H,1-3,6-8,10H2. The van der Waals surface area contributed by atoms with Gasteiger partial charge in [0.1, 0.15) is 5.82 Å². The molecule has 0 spiro atoms. The highest BCUT2D eigenvalue weighted by molar-refractivity contribution is 7.99. The van der Waals surface area contributed by atoms with Crippen LogP contribution in [0.3, 0.4) is 0 Å². The first kappa shape index (κ1) is 14.6. The van der Waals surface area contributed by atoms with Gasteiger partial charge in [-0.1, -0.05) is 18.0 Å². The lowest BCUT2D eigenvalue weighted by atomic mass is 10.2. The molecule has 0 N–H and O–H groups in total. The Morgan fingerprint density at radius 3 is 3.00 bits per heavy atom. The number of fused-ring (bicyclic) bond motifs is 1. The Balaban J connectivity index is 1.96. The molecule has 2 nitrogen and oxygen atoms in total. The highest BCUT2D eigenvalue weighted by atomic mass is 35.5. The van der Waals surface area contributed by atoms with Crippen molar-refractivity contribution in [2.75, 3.05) is 11.6 Å². The molecule has 2 heterocycles. The second-order valence-corrected chi connectivity index (χ2v) is 7.42. The Kier molecular flexibility index (Phi) is 4.79. The third-order valence-corrected chi connectivity index (χ3v) is 5.57. The summed E-state index contributed by atoms with van der Waals surface area (Å²) >= 11 is 14.2. The molecule has 0 radical (unpaired) electrons. The summed E-state index contributed by atoms with van der Waals surface area (Å²) in [7, 11) is 0. The number of aryl methyl sites for hydroxylation is 1. The van der Waals surface area contributed by atoms with Crippen molar-refractivity contribution >= 4 is 46.0 Å². The van der Waals surface area contributed by atoms with Gasteiger partial charge in [0.2, 0.25) is 0 Å². The smallest absolute Gasteiger partial charge is 0.111 e. The van der Waals surface area contributed by atoms with Crippen molar-refractivity contribution in [3.63, 3.8) is 0 Å². The maximum Gasteiger partial charge on any atom is 0.111 e. The van der Waals surface area contributed by atoms with Gasteiger partial charge in [-0.05, 0) is 36.8 Å². The summed E-state index contributed by atoms with van der Waals surface area (Å²) in [5.74, 6) is 2.97. The summed E-state index contributed by atoms with van der Waals surface area (Å²) in [4.78, 5) is 4.72. The van der Waals surface area contributed by atoms with Crippen LogP contribution in [0, 0.1) is 0 Å². The van der Waals surface area contributed by atoms with Crippen LogP contribution < -0.4 is 0 Å². The highest BCUT2D eigenvalue weighted by Gasteiger charge is 2.18. The maximum absolute atomic E-state index is 6.15. The number of benzene rings is 1. The van der Waals surface area contributed by atoms with Crippen molar-refractivity contribution in [3.8, 4) is 0 Å².